The topological polar surface area (TPSA) is 67.5 Å². The van der Waals surface area contributed by atoms with Crippen LogP contribution in [-0.2, 0) is 0 Å². The standard InChI is InChI=1S/C22H20F4N6.H2/c1-11-18(13-5-21(23,24)6-13)16-4-12(9-27-19(16)29-11)15-2-3-32-17(15)10-28-20(31-32)30-14-7-22(25,26)8-14;/h2-4,9-10,13-14,18H,5-8H2,1H3,(H,30,31);1H. The van der Waals surface area contributed by atoms with Gasteiger partial charge < -0.3 is 5.32 Å². The summed E-state index contributed by atoms with van der Waals surface area (Å²) in [5, 5.41) is 7.32. The van der Waals surface area contributed by atoms with Gasteiger partial charge in [0.25, 0.3) is 5.92 Å². The molecule has 10 heteroatoms. The summed E-state index contributed by atoms with van der Waals surface area (Å²) in [6.45, 7) is 1.87. The van der Waals surface area contributed by atoms with Crippen molar-refractivity contribution in [3.05, 3.63) is 36.3 Å². The lowest BCUT2D eigenvalue weighted by atomic mass is 9.69. The molecule has 2 aliphatic carbocycles. The van der Waals surface area contributed by atoms with Gasteiger partial charge in [0.15, 0.2) is 5.82 Å². The fourth-order valence-corrected chi connectivity index (χ4v) is 5.10. The first-order valence-electron chi connectivity index (χ1n) is 10.6. The number of nitrogens with zero attached hydrogens (tertiary/aromatic N) is 5. The van der Waals surface area contributed by atoms with E-state index in [-0.39, 0.29) is 45.0 Å². The summed E-state index contributed by atoms with van der Waals surface area (Å²) in [6.07, 6.45) is 4.43. The van der Waals surface area contributed by atoms with Crippen molar-refractivity contribution in [2.24, 2.45) is 10.9 Å². The minimum atomic E-state index is -2.61. The van der Waals surface area contributed by atoms with Crippen LogP contribution >= 0.6 is 0 Å². The Bertz CT molecular complexity index is 1260. The molecule has 6 nitrogen and oxygen atoms in total. The van der Waals surface area contributed by atoms with Crippen LogP contribution in [0.2, 0.25) is 0 Å². The minimum absolute atomic E-state index is 0. The number of pyridine rings is 1. The predicted molar refractivity (Wildman–Crippen MR) is 113 cm³/mol. The van der Waals surface area contributed by atoms with Crippen LogP contribution in [0.4, 0.5) is 29.3 Å². The van der Waals surface area contributed by atoms with Gasteiger partial charge in [-0.3, -0.25) is 0 Å². The van der Waals surface area contributed by atoms with Gasteiger partial charge in [0.2, 0.25) is 11.9 Å². The number of aliphatic imine (C=N–C) groups is 1. The van der Waals surface area contributed by atoms with Crippen LogP contribution in [0.3, 0.4) is 0 Å². The van der Waals surface area contributed by atoms with Gasteiger partial charge in [-0.2, -0.15) is 0 Å². The van der Waals surface area contributed by atoms with E-state index in [1.165, 1.54) is 0 Å². The van der Waals surface area contributed by atoms with Gasteiger partial charge in [0, 0.05) is 73.9 Å². The van der Waals surface area contributed by atoms with Crippen molar-refractivity contribution < 1.29 is 19.0 Å². The van der Waals surface area contributed by atoms with Gasteiger partial charge in [-0.05, 0) is 25.0 Å². The van der Waals surface area contributed by atoms with Crippen molar-refractivity contribution in [1.82, 2.24) is 19.6 Å². The zero-order valence-corrected chi connectivity index (χ0v) is 17.2. The molecule has 3 aliphatic rings. The molecule has 1 aliphatic heterocycles. The smallest absolute Gasteiger partial charge is 0.252 e. The molecule has 2 fully saturated rings. The molecule has 0 bridgehead atoms. The molecule has 6 rings (SSSR count). The summed E-state index contributed by atoms with van der Waals surface area (Å²) in [6, 6.07) is 3.52. The molecule has 0 spiro atoms. The van der Waals surface area contributed by atoms with Crippen LogP contribution in [0.1, 0.15) is 45.5 Å². The van der Waals surface area contributed by atoms with Crippen LogP contribution < -0.4 is 5.32 Å². The third kappa shape index (κ3) is 3.15. The largest absolute Gasteiger partial charge is 0.350 e. The molecule has 168 valence electrons. The molecule has 3 aromatic rings. The van der Waals surface area contributed by atoms with Crippen molar-refractivity contribution in [3.8, 4) is 11.1 Å². The lowest BCUT2D eigenvalue weighted by molar-refractivity contribution is -0.112. The maximum absolute atomic E-state index is 13.5. The zero-order valence-electron chi connectivity index (χ0n) is 17.2. The first-order valence-corrected chi connectivity index (χ1v) is 10.6. The Balaban J connectivity index is 0.00000228. The Hall–Kier alpha value is -3.04. The number of aromatic nitrogens is 4. The first-order chi connectivity index (χ1) is 15.2. The van der Waals surface area contributed by atoms with Gasteiger partial charge >= 0.3 is 0 Å². The molecule has 1 unspecified atom stereocenters. The number of rotatable bonds is 4. The second kappa shape index (κ2) is 6.49. The fourth-order valence-electron chi connectivity index (χ4n) is 5.10. The zero-order chi connectivity index (χ0) is 22.3. The Morgan fingerprint density at radius 2 is 1.81 bits per heavy atom. The summed E-state index contributed by atoms with van der Waals surface area (Å²) in [4.78, 5) is 13.3. The third-order valence-electron chi connectivity index (χ3n) is 6.71. The van der Waals surface area contributed by atoms with Gasteiger partial charge in [-0.1, -0.05) is 0 Å². The number of hydrogen-bond acceptors (Lipinski definition) is 5. The lowest BCUT2D eigenvalue weighted by Gasteiger charge is -2.39. The van der Waals surface area contributed by atoms with Crippen LogP contribution in [0.25, 0.3) is 16.6 Å². The van der Waals surface area contributed by atoms with Crippen LogP contribution in [0, 0.1) is 5.92 Å². The molecule has 3 aromatic heterocycles. The highest BCUT2D eigenvalue weighted by Crippen LogP contribution is 2.53. The van der Waals surface area contributed by atoms with E-state index in [2.05, 4.69) is 25.4 Å². The molecule has 0 radical (unpaired) electrons. The van der Waals surface area contributed by atoms with E-state index < -0.39 is 11.8 Å². The fraction of sp³-hybridized carbons (Fsp3) is 0.455. The molecule has 32 heavy (non-hydrogen) atoms. The van der Waals surface area contributed by atoms with E-state index in [1.54, 1.807) is 23.1 Å². The molecular formula is C22H22F4N6. The number of hydrogen-bond donors (Lipinski definition) is 1. The molecule has 0 saturated heterocycles. The van der Waals surface area contributed by atoms with E-state index >= 15 is 0 Å². The number of halogens is 4. The van der Waals surface area contributed by atoms with E-state index in [4.69, 9.17) is 0 Å². The highest BCUT2D eigenvalue weighted by atomic mass is 19.3. The second-order valence-electron chi connectivity index (χ2n) is 9.14. The molecule has 2 saturated carbocycles. The quantitative estimate of drug-likeness (QED) is 0.539. The summed E-state index contributed by atoms with van der Waals surface area (Å²) < 4.78 is 54.7. The Kier molecular flexibility index (Phi) is 3.98. The second-order valence-corrected chi connectivity index (χ2v) is 9.14. The maximum atomic E-state index is 13.5. The van der Waals surface area contributed by atoms with Crippen LogP contribution in [0.15, 0.2) is 35.7 Å². The van der Waals surface area contributed by atoms with E-state index in [9.17, 15) is 17.6 Å². The first kappa shape index (κ1) is 19.6. The number of fused-ring (bicyclic) bond motifs is 2. The molecule has 4 heterocycles. The maximum Gasteiger partial charge on any atom is 0.252 e. The molecular weight excluding hydrogens is 424 g/mol. The highest BCUT2D eigenvalue weighted by molar-refractivity contribution is 5.97. The highest BCUT2D eigenvalue weighted by Gasteiger charge is 2.51. The predicted octanol–water partition coefficient (Wildman–Crippen LogP) is 5.48. The van der Waals surface area contributed by atoms with Gasteiger partial charge in [-0.15, -0.1) is 5.10 Å². The summed E-state index contributed by atoms with van der Waals surface area (Å²) in [5.74, 6) is -4.59. The summed E-state index contributed by atoms with van der Waals surface area (Å²) >= 11 is 0. The minimum Gasteiger partial charge on any atom is -0.350 e. The Morgan fingerprint density at radius 3 is 2.53 bits per heavy atom. The van der Waals surface area contributed by atoms with Gasteiger partial charge in [-0.25, -0.2) is 37.0 Å². The lowest BCUT2D eigenvalue weighted by Crippen LogP contribution is -2.44. The number of anilines is 1. The van der Waals surface area contributed by atoms with Crippen LogP contribution in [-0.4, -0.2) is 43.2 Å². The van der Waals surface area contributed by atoms with Gasteiger partial charge in [0.05, 0.1) is 11.7 Å². The van der Waals surface area contributed by atoms with Crippen LogP contribution in [0.5, 0.6) is 0 Å². The van der Waals surface area contributed by atoms with Crippen molar-refractivity contribution in [1.29, 1.82) is 0 Å². The third-order valence-corrected chi connectivity index (χ3v) is 6.71. The SMILES string of the molecule is CC1=Nc2ncc(-c3ccn4nc(NC5CC(F)(F)C5)ncc34)cc2C1C1CC(F)(F)C1.[HH]. The number of alkyl halides is 4. The van der Waals surface area contributed by atoms with Crippen molar-refractivity contribution in [2.45, 2.75) is 56.4 Å². The number of nitrogens with one attached hydrogen (secondary N) is 1. The molecule has 0 amide bonds. The van der Waals surface area contributed by atoms with Gasteiger partial charge in [0.1, 0.15) is 0 Å². The molecule has 0 aromatic carbocycles. The summed E-state index contributed by atoms with van der Waals surface area (Å²) in [5.41, 5.74) is 4.12. The van der Waals surface area contributed by atoms with E-state index in [0.29, 0.717) is 11.8 Å². The van der Waals surface area contributed by atoms with E-state index in [0.717, 1.165) is 27.9 Å². The average Bonchev–Trinajstić information content (AvgIpc) is 3.23. The average molecular weight is 446 g/mol. The Morgan fingerprint density at radius 1 is 1.06 bits per heavy atom. The summed E-state index contributed by atoms with van der Waals surface area (Å²) in [7, 11) is 0. The molecule has 1 N–H and O–H groups in total. The van der Waals surface area contributed by atoms with E-state index in [1.807, 2.05) is 19.1 Å². The monoisotopic (exact) mass is 446 g/mol. The van der Waals surface area contributed by atoms with Crippen molar-refractivity contribution in [2.75, 3.05) is 5.32 Å². The van der Waals surface area contributed by atoms with Crippen molar-refractivity contribution >= 4 is 23.0 Å². The molecule has 1 atom stereocenters. The Labute approximate surface area is 182 Å². The normalized spacial score (nSPS) is 24.0. The van der Waals surface area contributed by atoms with Crippen molar-refractivity contribution in [3.63, 3.8) is 0 Å².